The van der Waals surface area contributed by atoms with Gasteiger partial charge in [0.1, 0.15) is 0 Å². The summed E-state index contributed by atoms with van der Waals surface area (Å²) in [5.41, 5.74) is 0. The van der Waals surface area contributed by atoms with E-state index in [0.29, 0.717) is 5.82 Å². The van der Waals surface area contributed by atoms with Gasteiger partial charge < -0.3 is 5.11 Å². The van der Waals surface area contributed by atoms with Gasteiger partial charge in [0, 0.05) is 6.20 Å². The second-order valence-electron chi connectivity index (χ2n) is 4.06. The minimum Gasteiger partial charge on any atom is -0.481 e. The minimum atomic E-state index is -0.871. The van der Waals surface area contributed by atoms with Gasteiger partial charge in [-0.2, -0.15) is 0 Å². The van der Waals surface area contributed by atoms with Crippen LogP contribution in [0.15, 0.2) is 6.20 Å². The fourth-order valence-corrected chi connectivity index (χ4v) is 2.27. The van der Waals surface area contributed by atoms with Gasteiger partial charge in [-0.1, -0.05) is 0 Å². The van der Waals surface area contributed by atoms with Crippen LogP contribution in [0.2, 0.25) is 0 Å². The number of hydrogen-bond donors (Lipinski definition) is 1. The summed E-state index contributed by atoms with van der Waals surface area (Å²) in [6, 6.07) is -0.324. The van der Waals surface area contributed by atoms with Gasteiger partial charge in [-0.25, -0.2) is 9.67 Å². The predicted octanol–water partition coefficient (Wildman–Crippen LogP) is 1.39. The van der Waals surface area contributed by atoms with E-state index >= 15 is 0 Å². The van der Waals surface area contributed by atoms with Gasteiger partial charge in [-0.15, -0.1) is 16.4 Å². The van der Waals surface area contributed by atoms with E-state index in [1.54, 1.807) is 20.0 Å². The number of rotatable bonds is 4. The van der Waals surface area contributed by atoms with Gasteiger partial charge in [0.05, 0.1) is 21.8 Å². The number of aliphatic carboxylic acids is 1. The van der Waals surface area contributed by atoms with Crippen molar-refractivity contribution in [2.45, 2.75) is 26.8 Å². The molecule has 2 unspecified atom stereocenters. The van der Waals surface area contributed by atoms with E-state index in [2.05, 4.69) is 20.5 Å². The van der Waals surface area contributed by atoms with E-state index in [0.717, 1.165) is 9.88 Å². The molecule has 96 valence electrons. The van der Waals surface area contributed by atoms with Crippen molar-refractivity contribution in [2.75, 3.05) is 0 Å². The molecule has 0 bridgehead atoms. The highest BCUT2D eigenvalue weighted by atomic mass is 32.1. The van der Waals surface area contributed by atoms with Gasteiger partial charge in [-0.3, -0.25) is 4.79 Å². The summed E-state index contributed by atoms with van der Waals surface area (Å²) in [5, 5.41) is 21.4. The van der Waals surface area contributed by atoms with Gasteiger partial charge in [0.25, 0.3) is 0 Å². The Morgan fingerprint density at radius 2 is 2.22 bits per heavy atom. The van der Waals surface area contributed by atoms with Crippen molar-refractivity contribution in [2.24, 2.45) is 5.92 Å². The molecule has 0 aliphatic rings. The quantitative estimate of drug-likeness (QED) is 0.899. The lowest BCUT2D eigenvalue weighted by molar-refractivity contribution is -0.142. The Bertz CT molecular complexity index is 564. The summed E-state index contributed by atoms with van der Waals surface area (Å²) in [6.45, 7) is 5.31. The number of tetrazole rings is 1. The first kappa shape index (κ1) is 12.6. The van der Waals surface area contributed by atoms with Crippen molar-refractivity contribution >= 4 is 17.3 Å². The maximum absolute atomic E-state index is 11.0. The third-order valence-corrected chi connectivity index (χ3v) is 3.74. The van der Waals surface area contributed by atoms with E-state index in [-0.39, 0.29) is 6.04 Å². The van der Waals surface area contributed by atoms with Crippen molar-refractivity contribution in [3.05, 3.63) is 11.2 Å². The summed E-state index contributed by atoms with van der Waals surface area (Å²) in [5.74, 6) is -0.882. The summed E-state index contributed by atoms with van der Waals surface area (Å²) >= 11 is 1.48. The Morgan fingerprint density at radius 3 is 2.78 bits per heavy atom. The van der Waals surface area contributed by atoms with Crippen molar-refractivity contribution in [3.8, 4) is 10.7 Å². The molecule has 0 amide bonds. The molecular formula is C10H13N5O2S. The Balaban J connectivity index is 2.36. The van der Waals surface area contributed by atoms with Crippen LogP contribution in [0, 0.1) is 12.8 Å². The van der Waals surface area contributed by atoms with Crippen LogP contribution in [0.4, 0.5) is 0 Å². The SMILES string of the molecule is Cc1ncc(-c2nnnn2C(C)C(C)C(=O)O)s1. The summed E-state index contributed by atoms with van der Waals surface area (Å²) in [7, 11) is 0. The van der Waals surface area contributed by atoms with Crippen LogP contribution in [0.1, 0.15) is 24.9 Å². The van der Waals surface area contributed by atoms with Crippen molar-refractivity contribution in [1.29, 1.82) is 0 Å². The molecule has 0 saturated carbocycles. The highest BCUT2D eigenvalue weighted by Crippen LogP contribution is 2.27. The zero-order valence-corrected chi connectivity index (χ0v) is 11.0. The first-order valence-corrected chi connectivity index (χ1v) is 6.26. The lowest BCUT2D eigenvalue weighted by Gasteiger charge is -2.16. The molecule has 0 saturated heterocycles. The third-order valence-electron chi connectivity index (χ3n) is 2.83. The van der Waals surface area contributed by atoms with Gasteiger partial charge in [0.15, 0.2) is 5.82 Å². The van der Waals surface area contributed by atoms with Crippen LogP contribution in [0.3, 0.4) is 0 Å². The maximum Gasteiger partial charge on any atom is 0.308 e. The van der Waals surface area contributed by atoms with Crippen LogP contribution in [0.5, 0.6) is 0 Å². The lowest BCUT2D eigenvalue weighted by Crippen LogP contribution is -2.23. The number of hydrogen-bond acceptors (Lipinski definition) is 6. The van der Waals surface area contributed by atoms with Crippen LogP contribution >= 0.6 is 11.3 Å². The number of carbonyl (C=O) groups is 1. The molecule has 8 heteroatoms. The standard InChI is InChI=1S/C10H13N5O2S/c1-5(10(16)17)6(2)15-9(12-13-14-15)8-4-11-7(3)18-8/h4-6H,1-3H3,(H,16,17). The van der Waals surface area contributed by atoms with Gasteiger partial charge >= 0.3 is 5.97 Å². The number of aryl methyl sites for hydroxylation is 1. The molecule has 0 aromatic carbocycles. The molecule has 2 rings (SSSR count). The summed E-state index contributed by atoms with van der Waals surface area (Å²) in [4.78, 5) is 16.0. The second kappa shape index (κ2) is 4.81. The van der Waals surface area contributed by atoms with Crippen LogP contribution < -0.4 is 0 Å². The molecule has 0 radical (unpaired) electrons. The predicted molar refractivity (Wildman–Crippen MR) is 65.2 cm³/mol. The molecule has 18 heavy (non-hydrogen) atoms. The van der Waals surface area contributed by atoms with E-state index < -0.39 is 11.9 Å². The largest absolute Gasteiger partial charge is 0.481 e. The normalized spacial score (nSPS) is 14.4. The zero-order chi connectivity index (χ0) is 13.3. The highest BCUT2D eigenvalue weighted by Gasteiger charge is 2.25. The van der Waals surface area contributed by atoms with E-state index in [1.807, 2.05) is 6.92 Å². The Labute approximate surface area is 107 Å². The number of thiazole rings is 1. The molecule has 1 N–H and O–H groups in total. The number of nitrogens with zero attached hydrogens (tertiary/aromatic N) is 5. The average molecular weight is 267 g/mol. The summed E-state index contributed by atoms with van der Waals surface area (Å²) < 4.78 is 1.53. The Morgan fingerprint density at radius 1 is 1.50 bits per heavy atom. The van der Waals surface area contributed by atoms with E-state index in [1.165, 1.54) is 16.0 Å². The third kappa shape index (κ3) is 2.23. The van der Waals surface area contributed by atoms with Crippen LogP contribution in [0.25, 0.3) is 10.7 Å². The average Bonchev–Trinajstić information content (AvgIpc) is 2.94. The van der Waals surface area contributed by atoms with E-state index in [4.69, 9.17) is 5.11 Å². The zero-order valence-electron chi connectivity index (χ0n) is 10.2. The molecule has 0 aliphatic carbocycles. The van der Waals surface area contributed by atoms with Gasteiger partial charge in [0.2, 0.25) is 0 Å². The topological polar surface area (TPSA) is 93.8 Å². The molecular weight excluding hydrogens is 254 g/mol. The molecule has 2 aromatic rings. The molecule has 2 atom stereocenters. The van der Waals surface area contributed by atoms with Crippen molar-refractivity contribution in [3.63, 3.8) is 0 Å². The second-order valence-corrected chi connectivity index (χ2v) is 5.29. The maximum atomic E-state index is 11.0. The molecule has 2 aromatic heterocycles. The van der Waals surface area contributed by atoms with E-state index in [9.17, 15) is 4.79 Å². The van der Waals surface area contributed by atoms with Crippen LogP contribution in [-0.4, -0.2) is 36.3 Å². The van der Waals surface area contributed by atoms with Crippen molar-refractivity contribution < 1.29 is 9.90 Å². The number of aromatic nitrogens is 5. The fourth-order valence-electron chi connectivity index (χ4n) is 1.51. The smallest absolute Gasteiger partial charge is 0.308 e. The highest BCUT2D eigenvalue weighted by molar-refractivity contribution is 7.14. The Kier molecular flexibility index (Phi) is 3.37. The first-order valence-electron chi connectivity index (χ1n) is 5.44. The number of carboxylic acids is 1. The van der Waals surface area contributed by atoms with Crippen LogP contribution in [-0.2, 0) is 4.79 Å². The first-order chi connectivity index (χ1) is 8.50. The minimum absolute atomic E-state index is 0.324. The summed E-state index contributed by atoms with van der Waals surface area (Å²) in [6.07, 6.45) is 1.69. The molecule has 2 heterocycles. The molecule has 0 spiro atoms. The monoisotopic (exact) mass is 267 g/mol. The number of carboxylic acid groups (broad SMARTS) is 1. The fraction of sp³-hybridized carbons (Fsp3) is 0.500. The molecule has 7 nitrogen and oxygen atoms in total. The molecule has 0 fully saturated rings. The molecule has 0 aliphatic heterocycles. The van der Waals surface area contributed by atoms with Gasteiger partial charge in [-0.05, 0) is 31.2 Å². The Hall–Kier alpha value is -1.83. The van der Waals surface area contributed by atoms with Crippen molar-refractivity contribution in [1.82, 2.24) is 25.2 Å². The lowest BCUT2D eigenvalue weighted by atomic mass is 10.0.